The van der Waals surface area contributed by atoms with E-state index in [-0.39, 0.29) is 12.2 Å². The summed E-state index contributed by atoms with van der Waals surface area (Å²) in [6.07, 6.45) is 9.47. The summed E-state index contributed by atoms with van der Waals surface area (Å²) in [4.78, 5) is 14.0. The van der Waals surface area contributed by atoms with Crippen LogP contribution in [0.3, 0.4) is 0 Å². The van der Waals surface area contributed by atoms with E-state index in [9.17, 15) is 4.79 Å². The Morgan fingerprint density at radius 1 is 0.957 bits per heavy atom. The van der Waals surface area contributed by atoms with Crippen LogP contribution in [0.15, 0.2) is 0 Å². The molecule has 5 heteroatoms. The molecule has 0 aromatic carbocycles. The summed E-state index contributed by atoms with van der Waals surface area (Å²) >= 11 is 0. The Kier molecular flexibility index (Phi) is 6.57. The van der Waals surface area contributed by atoms with Crippen molar-refractivity contribution in [3.05, 3.63) is 0 Å². The summed E-state index contributed by atoms with van der Waals surface area (Å²) in [5.41, 5.74) is 0. The molecule has 0 unspecified atom stereocenters. The zero-order valence-corrected chi connectivity index (χ0v) is 14.2. The maximum absolute atomic E-state index is 12.2. The van der Waals surface area contributed by atoms with Gasteiger partial charge in [0.1, 0.15) is 0 Å². The van der Waals surface area contributed by atoms with Crippen molar-refractivity contribution < 1.29 is 19.0 Å². The van der Waals surface area contributed by atoms with Crippen LogP contribution in [0.25, 0.3) is 0 Å². The number of ether oxygens (including phenoxy) is 3. The maximum Gasteiger partial charge on any atom is 0.409 e. The Hall–Kier alpha value is -0.810. The summed E-state index contributed by atoms with van der Waals surface area (Å²) < 4.78 is 16.9. The molecule has 0 radical (unpaired) electrons. The van der Waals surface area contributed by atoms with Crippen molar-refractivity contribution in [2.45, 2.75) is 57.5 Å². The average molecular weight is 325 g/mol. The van der Waals surface area contributed by atoms with Gasteiger partial charge in [-0.15, -0.1) is 0 Å². The molecule has 23 heavy (non-hydrogen) atoms. The van der Waals surface area contributed by atoms with Gasteiger partial charge in [0.15, 0.2) is 0 Å². The van der Waals surface area contributed by atoms with E-state index in [2.05, 4.69) is 0 Å². The lowest BCUT2D eigenvalue weighted by Crippen LogP contribution is -2.42. The SMILES string of the molecule is O=C(OCC1CCCCC1)N1CCC(OC[C@H]2CCOC2)CC1. The van der Waals surface area contributed by atoms with Gasteiger partial charge in [0.05, 0.1) is 25.9 Å². The van der Waals surface area contributed by atoms with Gasteiger partial charge in [0.25, 0.3) is 0 Å². The summed E-state index contributed by atoms with van der Waals surface area (Å²) in [5, 5.41) is 0. The summed E-state index contributed by atoms with van der Waals surface area (Å²) in [6.45, 7) is 4.64. The second-order valence-electron chi connectivity index (χ2n) is 7.33. The predicted octanol–water partition coefficient (Wildman–Crippen LogP) is 3.22. The molecule has 0 aromatic heterocycles. The molecule has 3 aliphatic rings. The van der Waals surface area contributed by atoms with Crippen LogP contribution in [0.5, 0.6) is 0 Å². The van der Waals surface area contributed by atoms with Gasteiger partial charge >= 0.3 is 6.09 Å². The van der Waals surface area contributed by atoms with Crippen LogP contribution in [0.4, 0.5) is 4.79 Å². The van der Waals surface area contributed by atoms with Crippen molar-refractivity contribution in [3.8, 4) is 0 Å². The van der Waals surface area contributed by atoms with Gasteiger partial charge in [-0.1, -0.05) is 19.3 Å². The van der Waals surface area contributed by atoms with E-state index < -0.39 is 0 Å². The van der Waals surface area contributed by atoms with Gasteiger partial charge < -0.3 is 19.1 Å². The minimum Gasteiger partial charge on any atom is -0.449 e. The van der Waals surface area contributed by atoms with Crippen LogP contribution < -0.4 is 0 Å². The minimum absolute atomic E-state index is 0.127. The van der Waals surface area contributed by atoms with Crippen LogP contribution in [0.2, 0.25) is 0 Å². The van der Waals surface area contributed by atoms with Crippen molar-refractivity contribution in [1.82, 2.24) is 4.90 Å². The number of nitrogens with zero attached hydrogens (tertiary/aromatic N) is 1. The first kappa shape index (κ1) is 17.0. The zero-order valence-electron chi connectivity index (χ0n) is 14.2. The fourth-order valence-corrected chi connectivity index (χ4v) is 3.83. The molecule has 1 amide bonds. The first-order valence-corrected chi connectivity index (χ1v) is 9.42. The van der Waals surface area contributed by atoms with E-state index in [4.69, 9.17) is 14.2 Å². The van der Waals surface area contributed by atoms with E-state index in [0.717, 1.165) is 52.2 Å². The fourth-order valence-electron chi connectivity index (χ4n) is 3.83. The Balaban J connectivity index is 1.29. The second kappa shape index (κ2) is 8.88. The average Bonchev–Trinajstić information content (AvgIpc) is 3.13. The molecule has 2 saturated heterocycles. The Bertz CT molecular complexity index is 356. The number of rotatable bonds is 5. The molecule has 3 fully saturated rings. The zero-order chi connectivity index (χ0) is 15.9. The summed E-state index contributed by atoms with van der Waals surface area (Å²) in [7, 11) is 0. The van der Waals surface area contributed by atoms with Crippen LogP contribution in [-0.2, 0) is 14.2 Å². The molecule has 2 aliphatic heterocycles. The van der Waals surface area contributed by atoms with Crippen molar-refractivity contribution in [2.75, 3.05) is 39.5 Å². The summed E-state index contributed by atoms with van der Waals surface area (Å²) in [6, 6.07) is 0. The minimum atomic E-state index is -0.127. The molecule has 0 aromatic rings. The Morgan fingerprint density at radius 2 is 1.74 bits per heavy atom. The van der Waals surface area contributed by atoms with Gasteiger partial charge in [-0.2, -0.15) is 0 Å². The van der Waals surface area contributed by atoms with Gasteiger partial charge in [-0.3, -0.25) is 0 Å². The molecule has 3 rings (SSSR count). The lowest BCUT2D eigenvalue weighted by molar-refractivity contribution is -0.0119. The normalized spacial score (nSPS) is 27.3. The number of likely N-dealkylation sites (tertiary alicyclic amines) is 1. The lowest BCUT2D eigenvalue weighted by atomic mass is 9.90. The molecule has 2 heterocycles. The molecule has 1 aliphatic carbocycles. The van der Waals surface area contributed by atoms with Crippen molar-refractivity contribution >= 4 is 6.09 Å². The third kappa shape index (κ3) is 5.35. The van der Waals surface area contributed by atoms with E-state index in [1.807, 2.05) is 4.90 Å². The molecule has 1 saturated carbocycles. The summed E-state index contributed by atoms with van der Waals surface area (Å²) in [5.74, 6) is 1.15. The number of amides is 1. The van der Waals surface area contributed by atoms with Gasteiger partial charge in [0.2, 0.25) is 0 Å². The number of carbonyl (C=O) groups is 1. The number of hydrogen-bond acceptors (Lipinski definition) is 4. The maximum atomic E-state index is 12.2. The first-order valence-electron chi connectivity index (χ1n) is 9.42. The van der Waals surface area contributed by atoms with E-state index in [1.165, 1.54) is 32.1 Å². The van der Waals surface area contributed by atoms with Crippen molar-refractivity contribution in [2.24, 2.45) is 11.8 Å². The molecule has 1 atom stereocenters. The molecule has 5 nitrogen and oxygen atoms in total. The highest BCUT2D eigenvalue weighted by molar-refractivity contribution is 5.67. The molecular formula is C18H31NO4. The van der Waals surface area contributed by atoms with Crippen molar-refractivity contribution in [3.63, 3.8) is 0 Å². The number of hydrogen-bond donors (Lipinski definition) is 0. The molecule has 132 valence electrons. The van der Waals surface area contributed by atoms with Gasteiger partial charge in [-0.05, 0) is 38.0 Å². The smallest absolute Gasteiger partial charge is 0.409 e. The Labute approximate surface area is 139 Å². The van der Waals surface area contributed by atoms with Crippen LogP contribution in [0, 0.1) is 11.8 Å². The lowest BCUT2D eigenvalue weighted by Gasteiger charge is -2.32. The monoisotopic (exact) mass is 325 g/mol. The van der Waals surface area contributed by atoms with Gasteiger partial charge in [-0.25, -0.2) is 4.79 Å². The third-order valence-electron chi connectivity index (χ3n) is 5.46. The van der Waals surface area contributed by atoms with Crippen LogP contribution in [0.1, 0.15) is 51.4 Å². The topological polar surface area (TPSA) is 48.0 Å². The highest BCUT2D eigenvalue weighted by atomic mass is 16.6. The molecule has 0 N–H and O–H groups in total. The standard InChI is InChI=1S/C18H31NO4/c20-18(23-13-15-4-2-1-3-5-15)19-9-6-17(7-10-19)22-14-16-8-11-21-12-16/h15-17H,1-14H2/t16-/m0/s1. The fraction of sp³-hybridized carbons (Fsp3) is 0.944. The predicted molar refractivity (Wildman–Crippen MR) is 87.4 cm³/mol. The quantitative estimate of drug-likeness (QED) is 0.779. The van der Waals surface area contributed by atoms with Crippen LogP contribution >= 0.6 is 0 Å². The highest BCUT2D eigenvalue weighted by Crippen LogP contribution is 2.24. The third-order valence-corrected chi connectivity index (χ3v) is 5.46. The second-order valence-corrected chi connectivity index (χ2v) is 7.33. The molecule has 0 bridgehead atoms. The largest absolute Gasteiger partial charge is 0.449 e. The molecule has 0 spiro atoms. The van der Waals surface area contributed by atoms with E-state index in [1.54, 1.807) is 0 Å². The Morgan fingerprint density at radius 3 is 2.43 bits per heavy atom. The first-order chi connectivity index (χ1) is 11.3. The van der Waals surface area contributed by atoms with Crippen molar-refractivity contribution in [1.29, 1.82) is 0 Å². The number of carbonyl (C=O) groups excluding carboxylic acids is 1. The van der Waals surface area contributed by atoms with Gasteiger partial charge in [0, 0.05) is 25.6 Å². The van der Waals surface area contributed by atoms with Crippen LogP contribution in [-0.4, -0.2) is 56.6 Å². The highest BCUT2D eigenvalue weighted by Gasteiger charge is 2.26. The molecular weight excluding hydrogens is 294 g/mol. The van der Waals surface area contributed by atoms with E-state index >= 15 is 0 Å². The van der Waals surface area contributed by atoms with E-state index in [0.29, 0.717) is 18.4 Å². The number of piperidine rings is 1.